The fourth-order valence-electron chi connectivity index (χ4n) is 1.94. The summed E-state index contributed by atoms with van der Waals surface area (Å²) in [6, 6.07) is 0. The molecule has 98 valence electrons. The number of hydrogen-bond donors (Lipinski definition) is 1. The smallest absolute Gasteiger partial charge is 0.309 e. The number of rotatable bonds is 5. The molecular formula is C12H22N2O3. The topological polar surface area (TPSA) is 58.6 Å². The number of nitrogens with zero attached hydrogens (tertiary/aromatic N) is 1. The molecule has 1 atom stereocenters. The van der Waals surface area contributed by atoms with Crippen LogP contribution in [0.25, 0.3) is 0 Å². The fourth-order valence-corrected chi connectivity index (χ4v) is 1.94. The van der Waals surface area contributed by atoms with Gasteiger partial charge in [-0.05, 0) is 19.3 Å². The molecule has 0 saturated carbocycles. The molecule has 1 aliphatic heterocycles. The molecule has 0 aromatic heterocycles. The van der Waals surface area contributed by atoms with Gasteiger partial charge >= 0.3 is 5.97 Å². The summed E-state index contributed by atoms with van der Waals surface area (Å²) in [6.07, 6.45) is 3.42. The van der Waals surface area contributed by atoms with Gasteiger partial charge in [0.15, 0.2) is 0 Å². The Bertz CT molecular complexity index is 262. The SMILES string of the molecule is COC(=O)C(C)CNCC(=O)N1CCCCC1. The van der Waals surface area contributed by atoms with Gasteiger partial charge < -0.3 is 15.0 Å². The minimum atomic E-state index is -0.247. The lowest BCUT2D eigenvalue weighted by Gasteiger charge is -2.26. The molecule has 1 amide bonds. The lowest BCUT2D eigenvalue weighted by molar-refractivity contribution is -0.144. The number of carbonyl (C=O) groups excluding carboxylic acids is 2. The van der Waals surface area contributed by atoms with Crippen LogP contribution in [0, 0.1) is 5.92 Å². The minimum Gasteiger partial charge on any atom is -0.469 e. The summed E-state index contributed by atoms with van der Waals surface area (Å²) in [7, 11) is 1.37. The average Bonchev–Trinajstić information content (AvgIpc) is 2.38. The van der Waals surface area contributed by atoms with E-state index in [9.17, 15) is 9.59 Å². The summed E-state index contributed by atoms with van der Waals surface area (Å²) >= 11 is 0. The number of carbonyl (C=O) groups is 2. The molecule has 0 aromatic rings. The number of piperidine rings is 1. The predicted molar refractivity (Wildman–Crippen MR) is 64.5 cm³/mol. The Morgan fingerprint density at radius 2 is 1.94 bits per heavy atom. The monoisotopic (exact) mass is 242 g/mol. The van der Waals surface area contributed by atoms with Crippen LogP contribution in [0.15, 0.2) is 0 Å². The van der Waals surface area contributed by atoms with Gasteiger partial charge in [0.1, 0.15) is 0 Å². The summed E-state index contributed by atoms with van der Waals surface area (Å²) in [5.74, 6) is -0.334. The van der Waals surface area contributed by atoms with Crippen molar-refractivity contribution in [2.24, 2.45) is 5.92 Å². The molecular weight excluding hydrogens is 220 g/mol. The first-order chi connectivity index (χ1) is 8.15. The van der Waals surface area contributed by atoms with Crippen molar-refractivity contribution in [2.45, 2.75) is 26.2 Å². The number of nitrogens with one attached hydrogen (secondary N) is 1. The van der Waals surface area contributed by atoms with Gasteiger partial charge in [0.25, 0.3) is 0 Å². The molecule has 0 spiro atoms. The Morgan fingerprint density at radius 3 is 2.53 bits per heavy atom. The van der Waals surface area contributed by atoms with Gasteiger partial charge in [-0.25, -0.2) is 0 Å². The summed E-state index contributed by atoms with van der Waals surface area (Å²) in [6.45, 7) is 4.30. The molecule has 1 saturated heterocycles. The van der Waals surface area contributed by atoms with Crippen molar-refractivity contribution in [3.8, 4) is 0 Å². The zero-order valence-corrected chi connectivity index (χ0v) is 10.7. The van der Waals surface area contributed by atoms with Crippen molar-refractivity contribution in [3.05, 3.63) is 0 Å². The number of amides is 1. The standard InChI is InChI=1S/C12H22N2O3/c1-10(12(16)17-2)8-13-9-11(15)14-6-4-3-5-7-14/h10,13H,3-9H2,1-2H3. The molecule has 1 heterocycles. The Kier molecular flexibility index (Phi) is 5.97. The second kappa shape index (κ2) is 7.27. The third-order valence-electron chi connectivity index (χ3n) is 3.04. The summed E-state index contributed by atoms with van der Waals surface area (Å²) in [5, 5.41) is 3.01. The van der Waals surface area contributed by atoms with E-state index in [-0.39, 0.29) is 17.8 Å². The first kappa shape index (κ1) is 14.0. The van der Waals surface area contributed by atoms with Crippen LogP contribution in [0.5, 0.6) is 0 Å². The molecule has 1 fully saturated rings. The Labute approximate surface area is 102 Å². The van der Waals surface area contributed by atoms with Gasteiger partial charge in [0, 0.05) is 19.6 Å². The van der Waals surface area contributed by atoms with E-state index >= 15 is 0 Å². The van der Waals surface area contributed by atoms with Crippen molar-refractivity contribution in [3.63, 3.8) is 0 Å². The zero-order chi connectivity index (χ0) is 12.7. The van der Waals surface area contributed by atoms with Crippen LogP contribution in [0.4, 0.5) is 0 Å². The zero-order valence-electron chi connectivity index (χ0n) is 10.7. The molecule has 1 N–H and O–H groups in total. The molecule has 1 unspecified atom stereocenters. The van der Waals surface area contributed by atoms with Gasteiger partial charge in [-0.3, -0.25) is 9.59 Å². The highest BCUT2D eigenvalue weighted by Gasteiger charge is 2.17. The molecule has 0 aliphatic carbocycles. The van der Waals surface area contributed by atoms with E-state index in [1.807, 2.05) is 4.90 Å². The van der Waals surface area contributed by atoms with Crippen LogP contribution in [0.2, 0.25) is 0 Å². The van der Waals surface area contributed by atoms with E-state index < -0.39 is 0 Å². The highest BCUT2D eigenvalue weighted by atomic mass is 16.5. The maximum atomic E-state index is 11.8. The molecule has 0 aromatic carbocycles. The van der Waals surface area contributed by atoms with E-state index in [2.05, 4.69) is 10.1 Å². The summed E-state index contributed by atoms with van der Waals surface area (Å²) in [5.41, 5.74) is 0. The highest BCUT2D eigenvalue weighted by molar-refractivity contribution is 5.78. The van der Waals surface area contributed by atoms with E-state index in [4.69, 9.17) is 0 Å². The third kappa shape index (κ3) is 4.73. The number of likely N-dealkylation sites (tertiary alicyclic amines) is 1. The van der Waals surface area contributed by atoms with Crippen molar-refractivity contribution in [1.82, 2.24) is 10.2 Å². The van der Waals surface area contributed by atoms with Crippen LogP contribution in [0.3, 0.4) is 0 Å². The number of ether oxygens (including phenoxy) is 1. The predicted octanol–water partition coefficient (Wildman–Crippen LogP) is 0.398. The molecule has 5 nitrogen and oxygen atoms in total. The Morgan fingerprint density at radius 1 is 1.29 bits per heavy atom. The minimum absolute atomic E-state index is 0.127. The van der Waals surface area contributed by atoms with Gasteiger partial charge in [-0.15, -0.1) is 0 Å². The van der Waals surface area contributed by atoms with Gasteiger partial charge in [-0.1, -0.05) is 6.92 Å². The highest BCUT2D eigenvalue weighted by Crippen LogP contribution is 2.08. The molecule has 0 bridgehead atoms. The Hall–Kier alpha value is -1.10. The maximum absolute atomic E-state index is 11.8. The van der Waals surface area contributed by atoms with Gasteiger partial charge in [0.2, 0.25) is 5.91 Å². The summed E-state index contributed by atoms with van der Waals surface area (Å²) < 4.78 is 4.61. The van der Waals surface area contributed by atoms with Crippen molar-refractivity contribution >= 4 is 11.9 Å². The molecule has 5 heteroatoms. The molecule has 1 aliphatic rings. The Balaban J connectivity index is 2.17. The van der Waals surface area contributed by atoms with Crippen LogP contribution >= 0.6 is 0 Å². The lowest BCUT2D eigenvalue weighted by atomic mass is 10.1. The van der Waals surface area contributed by atoms with Crippen molar-refractivity contribution in [2.75, 3.05) is 33.3 Å². The number of methoxy groups -OCH3 is 1. The van der Waals surface area contributed by atoms with Crippen LogP contribution < -0.4 is 5.32 Å². The van der Waals surface area contributed by atoms with E-state index in [1.54, 1.807) is 6.92 Å². The van der Waals surface area contributed by atoms with Crippen LogP contribution in [-0.2, 0) is 14.3 Å². The van der Waals surface area contributed by atoms with Crippen molar-refractivity contribution in [1.29, 1.82) is 0 Å². The largest absolute Gasteiger partial charge is 0.469 e. The molecule has 0 radical (unpaired) electrons. The molecule has 17 heavy (non-hydrogen) atoms. The van der Waals surface area contributed by atoms with Gasteiger partial charge in [0.05, 0.1) is 19.6 Å². The van der Waals surface area contributed by atoms with E-state index in [1.165, 1.54) is 13.5 Å². The first-order valence-corrected chi connectivity index (χ1v) is 6.21. The van der Waals surface area contributed by atoms with E-state index in [0.717, 1.165) is 25.9 Å². The van der Waals surface area contributed by atoms with Crippen LogP contribution in [0.1, 0.15) is 26.2 Å². The van der Waals surface area contributed by atoms with Gasteiger partial charge in [-0.2, -0.15) is 0 Å². The third-order valence-corrected chi connectivity index (χ3v) is 3.04. The lowest BCUT2D eigenvalue weighted by Crippen LogP contribution is -2.42. The second-order valence-electron chi connectivity index (χ2n) is 4.50. The second-order valence-corrected chi connectivity index (χ2v) is 4.50. The quantitative estimate of drug-likeness (QED) is 0.709. The van der Waals surface area contributed by atoms with E-state index in [0.29, 0.717) is 13.1 Å². The summed E-state index contributed by atoms with van der Waals surface area (Å²) in [4.78, 5) is 24.8. The average molecular weight is 242 g/mol. The van der Waals surface area contributed by atoms with Crippen LogP contribution in [-0.4, -0.2) is 50.1 Å². The first-order valence-electron chi connectivity index (χ1n) is 6.21. The fraction of sp³-hybridized carbons (Fsp3) is 0.833. The molecule has 1 rings (SSSR count). The maximum Gasteiger partial charge on any atom is 0.309 e. The number of esters is 1. The number of hydrogen-bond acceptors (Lipinski definition) is 4. The normalized spacial score (nSPS) is 17.6. The van der Waals surface area contributed by atoms with Crippen molar-refractivity contribution < 1.29 is 14.3 Å².